The molecule has 2 nitrogen and oxygen atoms in total. The van der Waals surface area contributed by atoms with Crippen LogP contribution < -0.4 is 11.3 Å². The van der Waals surface area contributed by atoms with Crippen LogP contribution in [0.1, 0.15) is 63.3 Å². The lowest BCUT2D eigenvalue weighted by Gasteiger charge is -2.24. The van der Waals surface area contributed by atoms with Crippen LogP contribution in [0.2, 0.25) is 0 Å². The van der Waals surface area contributed by atoms with E-state index in [9.17, 15) is 0 Å². The molecule has 3 N–H and O–H groups in total. The molecule has 0 bridgehead atoms. The lowest BCUT2D eigenvalue weighted by molar-refractivity contribution is 0.422. The number of hydrogen-bond donors (Lipinski definition) is 2. The summed E-state index contributed by atoms with van der Waals surface area (Å²) in [5.74, 6) is 6.38. The van der Waals surface area contributed by atoms with Crippen molar-refractivity contribution in [2.24, 2.45) is 11.8 Å². The maximum Gasteiger partial charge on any atom is 0.0253 e. The van der Waals surface area contributed by atoms with Crippen molar-refractivity contribution in [2.75, 3.05) is 0 Å². The molecule has 1 unspecified atom stereocenters. The SMILES string of the molecule is Cc1cc(C(C)(C)C)cc(C)c1CC(CC(C)C)NN. The normalized spacial score (nSPS) is 13.8. The Labute approximate surface area is 125 Å². The Bertz CT molecular complexity index is 418. The molecule has 20 heavy (non-hydrogen) atoms. The van der Waals surface area contributed by atoms with Crippen molar-refractivity contribution in [3.05, 3.63) is 34.4 Å². The molecule has 114 valence electrons. The Morgan fingerprint density at radius 1 is 1.10 bits per heavy atom. The topological polar surface area (TPSA) is 38.0 Å². The molecule has 1 atom stereocenters. The summed E-state index contributed by atoms with van der Waals surface area (Å²) in [6.07, 6.45) is 2.12. The molecule has 0 fully saturated rings. The van der Waals surface area contributed by atoms with Crippen LogP contribution in [0, 0.1) is 19.8 Å². The number of rotatable bonds is 5. The minimum atomic E-state index is 0.206. The van der Waals surface area contributed by atoms with Gasteiger partial charge in [-0.15, -0.1) is 0 Å². The van der Waals surface area contributed by atoms with Crippen molar-refractivity contribution in [2.45, 2.75) is 72.8 Å². The number of hydrogen-bond acceptors (Lipinski definition) is 2. The molecule has 0 radical (unpaired) electrons. The van der Waals surface area contributed by atoms with Crippen LogP contribution in [0.3, 0.4) is 0 Å². The second kappa shape index (κ2) is 6.73. The number of nitrogens with one attached hydrogen (secondary N) is 1. The Balaban J connectivity index is 3.02. The lowest BCUT2D eigenvalue weighted by atomic mass is 9.82. The third-order valence-electron chi connectivity index (χ3n) is 4.00. The fraction of sp³-hybridized carbons (Fsp3) is 0.667. The fourth-order valence-electron chi connectivity index (χ4n) is 2.77. The molecule has 1 aromatic carbocycles. The van der Waals surface area contributed by atoms with Gasteiger partial charge in [0.15, 0.2) is 0 Å². The van der Waals surface area contributed by atoms with Gasteiger partial charge in [-0.25, -0.2) is 0 Å². The zero-order valence-corrected chi connectivity index (χ0v) is 14.3. The Morgan fingerprint density at radius 3 is 1.95 bits per heavy atom. The molecule has 0 saturated heterocycles. The largest absolute Gasteiger partial charge is 0.271 e. The van der Waals surface area contributed by atoms with E-state index in [4.69, 9.17) is 5.84 Å². The highest BCUT2D eigenvalue weighted by Crippen LogP contribution is 2.27. The number of aryl methyl sites for hydroxylation is 2. The van der Waals surface area contributed by atoms with Crippen molar-refractivity contribution in [1.29, 1.82) is 0 Å². The standard InChI is InChI=1S/C18H32N2/c1-12(2)8-16(20-19)11-17-13(3)9-15(10-14(17)4)18(5,6)7/h9-10,12,16,20H,8,11,19H2,1-7H3. The van der Waals surface area contributed by atoms with Crippen molar-refractivity contribution in [3.63, 3.8) is 0 Å². The summed E-state index contributed by atoms with van der Waals surface area (Å²) >= 11 is 0. The molecule has 1 aromatic rings. The first-order valence-electron chi connectivity index (χ1n) is 7.72. The molecule has 0 saturated carbocycles. The first-order valence-corrected chi connectivity index (χ1v) is 7.72. The van der Waals surface area contributed by atoms with Gasteiger partial charge in [0.2, 0.25) is 0 Å². The van der Waals surface area contributed by atoms with E-state index < -0.39 is 0 Å². The third-order valence-corrected chi connectivity index (χ3v) is 4.00. The Kier molecular flexibility index (Phi) is 5.79. The smallest absolute Gasteiger partial charge is 0.0253 e. The quantitative estimate of drug-likeness (QED) is 0.629. The second-order valence-electron chi connectivity index (χ2n) is 7.54. The average Bonchev–Trinajstić information content (AvgIpc) is 2.30. The highest BCUT2D eigenvalue weighted by molar-refractivity contribution is 5.40. The summed E-state index contributed by atoms with van der Waals surface area (Å²) in [6.45, 7) is 15.7. The lowest BCUT2D eigenvalue weighted by Crippen LogP contribution is -2.38. The summed E-state index contributed by atoms with van der Waals surface area (Å²) in [5, 5.41) is 0. The van der Waals surface area contributed by atoms with Gasteiger partial charge in [0.1, 0.15) is 0 Å². The minimum absolute atomic E-state index is 0.206. The van der Waals surface area contributed by atoms with Crippen LogP contribution in [-0.4, -0.2) is 6.04 Å². The van der Waals surface area contributed by atoms with E-state index in [-0.39, 0.29) is 5.41 Å². The zero-order chi connectivity index (χ0) is 15.5. The molecular formula is C18H32N2. The van der Waals surface area contributed by atoms with Crippen LogP contribution in [0.25, 0.3) is 0 Å². The number of benzene rings is 1. The van der Waals surface area contributed by atoms with Crippen molar-refractivity contribution >= 4 is 0 Å². The van der Waals surface area contributed by atoms with Crippen molar-refractivity contribution in [3.8, 4) is 0 Å². The summed E-state index contributed by atoms with van der Waals surface area (Å²) in [7, 11) is 0. The molecule has 0 amide bonds. The highest BCUT2D eigenvalue weighted by atomic mass is 15.2. The van der Waals surface area contributed by atoms with Crippen LogP contribution >= 0.6 is 0 Å². The van der Waals surface area contributed by atoms with Gasteiger partial charge in [-0.1, -0.05) is 46.8 Å². The molecule has 0 aromatic heterocycles. The fourth-order valence-corrected chi connectivity index (χ4v) is 2.77. The molecule has 0 aliphatic carbocycles. The third kappa shape index (κ3) is 4.60. The molecule has 2 heteroatoms. The van der Waals surface area contributed by atoms with Gasteiger partial charge in [-0.3, -0.25) is 11.3 Å². The molecule has 0 aliphatic heterocycles. The van der Waals surface area contributed by atoms with Crippen LogP contribution in [-0.2, 0) is 11.8 Å². The number of nitrogens with two attached hydrogens (primary N) is 1. The maximum atomic E-state index is 5.72. The van der Waals surface area contributed by atoms with E-state index in [0.29, 0.717) is 12.0 Å². The molecule has 0 heterocycles. The van der Waals surface area contributed by atoms with E-state index >= 15 is 0 Å². The van der Waals surface area contributed by atoms with Gasteiger partial charge < -0.3 is 0 Å². The maximum absolute atomic E-state index is 5.72. The Hall–Kier alpha value is -0.860. The minimum Gasteiger partial charge on any atom is -0.271 e. The van der Waals surface area contributed by atoms with Gasteiger partial charge in [0, 0.05) is 6.04 Å². The van der Waals surface area contributed by atoms with Gasteiger partial charge >= 0.3 is 0 Å². The van der Waals surface area contributed by atoms with E-state index in [1.165, 1.54) is 22.3 Å². The van der Waals surface area contributed by atoms with E-state index in [0.717, 1.165) is 12.8 Å². The summed E-state index contributed by atoms with van der Waals surface area (Å²) in [5.41, 5.74) is 8.82. The van der Waals surface area contributed by atoms with Crippen LogP contribution in [0.15, 0.2) is 12.1 Å². The number of hydrazine groups is 1. The van der Waals surface area contributed by atoms with Gasteiger partial charge in [0.05, 0.1) is 0 Å². The molecule has 1 rings (SSSR count). The van der Waals surface area contributed by atoms with E-state index in [1.54, 1.807) is 0 Å². The summed E-state index contributed by atoms with van der Waals surface area (Å²) in [4.78, 5) is 0. The zero-order valence-electron chi connectivity index (χ0n) is 14.3. The monoisotopic (exact) mass is 276 g/mol. The highest BCUT2D eigenvalue weighted by Gasteiger charge is 2.18. The van der Waals surface area contributed by atoms with Gasteiger partial charge in [0.25, 0.3) is 0 Å². The predicted octanol–water partition coefficient (Wildman–Crippen LogP) is 4.02. The van der Waals surface area contributed by atoms with E-state index in [1.807, 2.05) is 0 Å². The van der Waals surface area contributed by atoms with Gasteiger partial charge in [-0.2, -0.15) is 0 Å². The molecule has 0 spiro atoms. The molecular weight excluding hydrogens is 244 g/mol. The summed E-state index contributed by atoms with van der Waals surface area (Å²) < 4.78 is 0. The first-order chi connectivity index (χ1) is 9.15. The average molecular weight is 276 g/mol. The van der Waals surface area contributed by atoms with Crippen molar-refractivity contribution in [1.82, 2.24) is 5.43 Å². The van der Waals surface area contributed by atoms with Crippen molar-refractivity contribution < 1.29 is 0 Å². The van der Waals surface area contributed by atoms with E-state index in [2.05, 4.69) is 66.0 Å². The van der Waals surface area contributed by atoms with Crippen LogP contribution in [0.4, 0.5) is 0 Å². The second-order valence-corrected chi connectivity index (χ2v) is 7.54. The van der Waals surface area contributed by atoms with Gasteiger partial charge in [-0.05, 0) is 60.3 Å². The van der Waals surface area contributed by atoms with Crippen LogP contribution in [0.5, 0.6) is 0 Å². The predicted molar refractivity (Wildman–Crippen MR) is 88.9 cm³/mol. The Morgan fingerprint density at radius 2 is 1.60 bits per heavy atom. The summed E-state index contributed by atoms with van der Waals surface area (Å²) in [6, 6.07) is 5.03. The molecule has 0 aliphatic rings. The first kappa shape index (κ1) is 17.2.